The average molecular weight is 849 g/mol. The second-order valence-electron chi connectivity index (χ2n) is 18.3. The van der Waals surface area contributed by atoms with Gasteiger partial charge in [0.15, 0.2) is 17.2 Å². The number of benzene rings is 3. The standard InChI is InChI=1S/C47H59ClF2N4O6/c1-28-38-37(26-35(49)41(48)40(38)39-34(43(51)55)15-16-36(58-5)42(39)50)59-47(28,32-9-7-6-8-10-32)27-52-33-13-11-31(12-14-33)44(56)53-21-17-29(18-22-53)25-30-19-23-54(24-20-30)45(57)60-46(2,3)4/h6-10,15-16,26,28-31,33,52H,11-14,17-25,27H2,1-5H3,(H2,51,55)/t28-,31?,33?,47-/m0/s1. The van der Waals surface area contributed by atoms with Crippen molar-refractivity contribution in [2.24, 2.45) is 23.5 Å². The summed E-state index contributed by atoms with van der Waals surface area (Å²) in [6, 6.07) is 13.6. The van der Waals surface area contributed by atoms with E-state index in [0.29, 0.717) is 23.9 Å². The van der Waals surface area contributed by atoms with Gasteiger partial charge in [-0.2, -0.15) is 0 Å². The number of likely N-dealkylation sites (tertiary alicyclic amines) is 2. The topological polar surface area (TPSA) is 123 Å². The van der Waals surface area contributed by atoms with Crippen LogP contribution < -0.4 is 20.5 Å². The van der Waals surface area contributed by atoms with Crippen molar-refractivity contribution in [3.05, 3.63) is 81.9 Å². The third-order valence-corrected chi connectivity index (χ3v) is 13.7. The quantitative estimate of drug-likeness (QED) is 0.209. The fourth-order valence-corrected chi connectivity index (χ4v) is 10.3. The molecule has 3 amide bonds. The summed E-state index contributed by atoms with van der Waals surface area (Å²) < 4.78 is 49.5. The van der Waals surface area contributed by atoms with Crippen molar-refractivity contribution >= 4 is 29.5 Å². The van der Waals surface area contributed by atoms with Crippen LogP contribution in [0, 0.1) is 29.4 Å². The van der Waals surface area contributed by atoms with Gasteiger partial charge >= 0.3 is 6.09 Å². The molecule has 3 aromatic rings. The number of ether oxygens (including phenoxy) is 3. The molecular formula is C47H59ClF2N4O6. The minimum atomic E-state index is -1.05. The molecule has 2 atom stereocenters. The van der Waals surface area contributed by atoms with E-state index in [2.05, 4.69) is 10.2 Å². The van der Waals surface area contributed by atoms with E-state index in [9.17, 15) is 14.4 Å². The number of halogens is 3. The highest BCUT2D eigenvalue weighted by Crippen LogP contribution is 2.56. The maximum atomic E-state index is 16.2. The molecule has 10 nitrogen and oxygen atoms in total. The second kappa shape index (κ2) is 17.9. The number of hydrogen-bond donors (Lipinski definition) is 2. The Morgan fingerprint density at radius 2 is 1.52 bits per heavy atom. The Kier molecular flexibility index (Phi) is 13.0. The predicted octanol–water partition coefficient (Wildman–Crippen LogP) is 9.21. The zero-order chi connectivity index (χ0) is 42.9. The summed E-state index contributed by atoms with van der Waals surface area (Å²) in [7, 11) is 1.30. The molecular weight excluding hydrogens is 790 g/mol. The number of carbonyl (C=O) groups is 3. The molecule has 0 unspecified atom stereocenters. The third-order valence-electron chi connectivity index (χ3n) is 13.3. The first-order valence-electron chi connectivity index (χ1n) is 21.5. The number of carbonyl (C=O) groups excluding carboxylic acids is 3. The van der Waals surface area contributed by atoms with E-state index in [4.69, 9.17) is 31.5 Å². The van der Waals surface area contributed by atoms with Crippen LogP contribution in [0.5, 0.6) is 11.5 Å². The van der Waals surface area contributed by atoms with Gasteiger partial charge in [-0.1, -0.05) is 48.9 Å². The first-order chi connectivity index (χ1) is 28.6. The van der Waals surface area contributed by atoms with Gasteiger partial charge in [-0.25, -0.2) is 13.6 Å². The predicted molar refractivity (Wildman–Crippen MR) is 227 cm³/mol. The first-order valence-corrected chi connectivity index (χ1v) is 21.9. The van der Waals surface area contributed by atoms with E-state index in [1.807, 2.05) is 62.9 Å². The van der Waals surface area contributed by atoms with Gasteiger partial charge < -0.3 is 35.1 Å². The van der Waals surface area contributed by atoms with Crippen molar-refractivity contribution in [2.75, 3.05) is 39.8 Å². The van der Waals surface area contributed by atoms with Crippen LogP contribution in [0.25, 0.3) is 11.1 Å². The van der Waals surface area contributed by atoms with E-state index in [-0.39, 0.29) is 57.2 Å². The van der Waals surface area contributed by atoms with Crippen LogP contribution >= 0.6 is 11.6 Å². The number of fused-ring (bicyclic) bond motifs is 1. The maximum Gasteiger partial charge on any atom is 0.410 e. The molecule has 2 saturated heterocycles. The molecule has 3 heterocycles. The molecule has 1 saturated carbocycles. The van der Waals surface area contributed by atoms with Crippen molar-refractivity contribution < 1.29 is 37.4 Å². The van der Waals surface area contributed by atoms with Gasteiger partial charge in [0.2, 0.25) is 11.8 Å². The van der Waals surface area contributed by atoms with E-state index in [0.717, 1.165) is 89.5 Å². The maximum absolute atomic E-state index is 16.2. The highest BCUT2D eigenvalue weighted by Gasteiger charge is 2.50. The molecule has 3 aliphatic heterocycles. The molecule has 0 radical (unpaired) electrons. The molecule has 3 aromatic carbocycles. The zero-order valence-corrected chi connectivity index (χ0v) is 36.2. The second-order valence-corrected chi connectivity index (χ2v) is 18.6. The first kappa shape index (κ1) is 43.7. The summed E-state index contributed by atoms with van der Waals surface area (Å²) in [6.45, 7) is 11.0. The van der Waals surface area contributed by atoms with Crippen LogP contribution in [0.4, 0.5) is 13.6 Å². The summed E-state index contributed by atoms with van der Waals surface area (Å²) >= 11 is 6.68. The molecule has 0 aromatic heterocycles. The molecule has 60 heavy (non-hydrogen) atoms. The SMILES string of the molecule is COc1ccc(C(N)=O)c(-c2c(Cl)c(F)cc3c2[C@H](C)[C@@](CNC2CCC(C(=O)N4CCC(CC5CCN(C(=O)OC(C)(C)C)CC5)CC4)CC2)(c2ccccc2)O3)c1F. The van der Waals surface area contributed by atoms with Gasteiger partial charge in [0, 0.05) is 73.4 Å². The monoisotopic (exact) mass is 848 g/mol. The Hall–Kier alpha value is -4.42. The number of piperidine rings is 2. The number of amides is 3. The van der Waals surface area contributed by atoms with Crippen LogP contribution in [0.15, 0.2) is 48.5 Å². The lowest BCUT2D eigenvalue weighted by Gasteiger charge is -2.39. The lowest BCUT2D eigenvalue weighted by molar-refractivity contribution is -0.138. The van der Waals surface area contributed by atoms with Gasteiger partial charge in [-0.15, -0.1) is 0 Å². The van der Waals surface area contributed by atoms with Gasteiger partial charge in [-0.05, 0) is 108 Å². The molecule has 4 aliphatic rings. The van der Waals surface area contributed by atoms with Crippen molar-refractivity contribution in [1.82, 2.24) is 15.1 Å². The lowest BCUT2D eigenvalue weighted by atomic mass is 9.77. The Morgan fingerprint density at radius 3 is 2.10 bits per heavy atom. The van der Waals surface area contributed by atoms with Crippen LogP contribution in [-0.2, 0) is 15.1 Å². The van der Waals surface area contributed by atoms with Crippen molar-refractivity contribution in [3.63, 3.8) is 0 Å². The summed E-state index contributed by atoms with van der Waals surface area (Å²) in [5, 5.41) is 3.40. The Bertz CT molecular complexity index is 2060. The normalized spacial score (nSPS) is 23.8. The van der Waals surface area contributed by atoms with Crippen LogP contribution in [0.2, 0.25) is 5.02 Å². The number of primary amides is 1. The summed E-state index contributed by atoms with van der Waals surface area (Å²) in [5.41, 5.74) is 5.09. The number of nitrogens with one attached hydrogen (secondary N) is 1. The number of nitrogens with zero attached hydrogens (tertiary/aromatic N) is 2. The molecule has 3 fully saturated rings. The van der Waals surface area contributed by atoms with Crippen molar-refractivity contribution in [1.29, 1.82) is 0 Å². The Morgan fingerprint density at radius 1 is 0.900 bits per heavy atom. The fraction of sp³-hybridized carbons (Fsp3) is 0.553. The Labute approximate surface area is 357 Å². The molecule has 0 spiro atoms. The molecule has 1 aliphatic carbocycles. The van der Waals surface area contributed by atoms with Gasteiger partial charge in [0.1, 0.15) is 17.2 Å². The average Bonchev–Trinajstić information content (AvgIpc) is 3.51. The third kappa shape index (κ3) is 8.96. The smallest absolute Gasteiger partial charge is 0.410 e. The highest BCUT2D eigenvalue weighted by atomic mass is 35.5. The largest absolute Gasteiger partial charge is 0.494 e. The summed E-state index contributed by atoms with van der Waals surface area (Å²) in [6.07, 6.45) is 8.12. The van der Waals surface area contributed by atoms with E-state index < -0.39 is 34.7 Å². The van der Waals surface area contributed by atoms with Crippen LogP contribution in [0.1, 0.15) is 113 Å². The molecule has 324 valence electrons. The summed E-state index contributed by atoms with van der Waals surface area (Å²) in [4.78, 5) is 42.8. The van der Waals surface area contributed by atoms with E-state index in [1.54, 1.807) is 0 Å². The lowest BCUT2D eigenvalue weighted by Crippen LogP contribution is -2.49. The van der Waals surface area contributed by atoms with E-state index >= 15 is 8.78 Å². The minimum Gasteiger partial charge on any atom is -0.494 e. The zero-order valence-electron chi connectivity index (χ0n) is 35.5. The number of hydrogen-bond acceptors (Lipinski definition) is 7. The van der Waals surface area contributed by atoms with Crippen molar-refractivity contribution in [2.45, 2.75) is 109 Å². The number of nitrogens with two attached hydrogens (primary N) is 1. The fourth-order valence-electron chi connectivity index (χ4n) is 10.0. The minimum absolute atomic E-state index is 0.00541. The van der Waals surface area contributed by atoms with Gasteiger partial charge in [-0.3, -0.25) is 9.59 Å². The van der Waals surface area contributed by atoms with Gasteiger partial charge in [0.25, 0.3) is 0 Å². The molecule has 7 rings (SSSR count). The Balaban J connectivity index is 0.977. The van der Waals surface area contributed by atoms with Crippen LogP contribution in [0.3, 0.4) is 0 Å². The molecule has 13 heteroatoms. The molecule has 0 bridgehead atoms. The number of rotatable bonds is 10. The van der Waals surface area contributed by atoms with Crippen molar-refractivity contribution in [3.8, 4) is 22.6 Å². The van der Waals surface area contributed by atoms with Crippen LogP contribution in [-0.4, -0.2) is 79.2 Å². The number of methoxy groups -OCH3 is 1. The molecule has 3 N–H and O–H groups in total. The van der Waals surface area contributed by atoms with Gasteiger partial charge in [0.05, 0.1) is 17.7 Å². The summed E-state index contributed by atoms with van der Waals surface area (Å²) in [5.74, 6) is -1.60. The van der Waals surface area contributed by atoms with E-state index in [1.165, 1.54) is 25.3 Å². The highest BCUT2D eigenvalue weighted by molar-refractivity contribution is 6.34.